The maximum absolute atomic E-state index is 12.9. The van der Waals surface area contributed by atoms with Gasteiger partial charge in [-0.25, -0.2) is 8.78 Å². The molecule has 1 aromatic carbocycles. The van der Waals surface area contributed by atoms with Crippen LogP contribution in [0.15, 0.2) is 12.1 Å². The van der Waals surface area contributed by atoms with Crippen LogP contribution in [0.3, 0.4) is 0 Å². The zero-order valence-corrected chi connectivity index (χ0v) is 8.98. The Bertz CT molecular complexity index is 456. The number of alkyl halides is 3. The van der Waals surface area contributed by atoms with Gasteiger partial charge in [0.05, 0.1) is 5.56 Å². The van der Waals surface area contributed by atoms with Crippen LogP contribution in [-0.4, -0.2) is 25.9 Å². The molecule has 0 atom stereocenters. The van der Waals surface area contributed by atoms with Gasteiger partial charge in [0.2, 0.25) is 0 Å². The first-order valence-corrected chi connectivity index (χ1v) is 4.49. The summed E-state index contributed by atoms with van der Waals surface area (Å²) >= 11 is 0. The summed E-state index contributed by atoms with van der Waals surface area (Å²) in [6.45, 7) is -0.511. The Morgan fingerprint density at radius 1 is 1.22 bits per heavy atom. The van der Waals surface area contributed by atoms with E-state index in [1.54, 1.807) is 0 Å². The molecular weight excluding hydrogens is 263 g/mol. The van der Waals surface area contributed by atoms with E-state index in [-0.39, 0.29) is 6.07 Å². The number of carbonyl (C=O) groups excluding carboxylic acids is 1. The third-order valence-corrected chi connectivity index (χ3v) is 1.86. The van der Waals surface area contributed by atoms with E-state index in [4.69, 9.17) is 0 Å². The molecule has 0 aliphatic heterocycles. The number of Topliss-reactive ketones (excluding diaryl/α,β-unsaturated/α-hetero) is 1. The lowest BCUT2D eigenvalue weighted by molar-refractivity contribution is -0.0888. The summed E-state index contributed by atoms with van der Waals surface area (Å²) in [7, 11) is 1.17. The van der Waals surface area contributed by atoms with Gasteiger partial charge in [-0.2, -0.15) is 13.2 Å². The molecule has 0 saturated carbocycles. The molecule has 1 rings (SSSR count). The normalized spacial score (nSPS) is 11.4. The van der Waals surface area contributed by atoms with E-state index in [0.29, 0.717) is 6.07 Å². The van der Waals surface area contributed by atoms with Crippen LogP contribution in [0.25, 0.3) is 0 Å². The minimum Gasteiger partial charge on any atom is -0.467 e. The summed E-state index contributed by atoms with van der Waals surface area (Å²) in [5, 5.41) is 0. The molecular formula is C10H7F5O3. The molecule has 0 unspecified atom stereocenters. The lowest BCUT2D eigenvalue weighted by Crippen LogP contribution is -2.24. The Kier molecular flexibility index (Phi) is 4.23. The van der Waals surface area contributed by atoms with Crippen molar-refractivity contribution < 1.29 is 36.2 Å². The Morgan fingerprint density at radius 2 is 1.78 bits per heavy atom. The van der Waals surface area contributed by atoms with Gasteiger partial charge in [0.15, 0.2) is 18.4 Å². The molecule has 0 aliphatic carbocycles. The molecule has 0 spiro atoms. The first-order valence-electron chi connectivity index (χ1n) is 4.49. The first-order chi connectivity index (χ1) is 8.27. The molecule has 3 nitrogen and oxygen atoms in total. The summed E-state index contributed by atoms with van der Waals surface area (Å²) in [6.07, 6.45) is -5.21. The highest BCUT2D eigenvalue weighted by atomic mass is 19.4. The minimum atomic E-state index is -5.21. The number of benzene rings is 1. The third kappa shape index (κ3) is 3.16. The van der Waals surface area contributed by atoms with Crippen LogP contribution < -0.4 is 4.74 Å². The average molecular weight is 270 g/mol. The molecule has 0 heterocycles. The van der Waals surface area contributed by atoms with E-state index in [2.05, 4.69) is 9.47 Å². The minimum absolute atomic E-state index is 0.135. The topological polar surface area (TPSA) is 35.5 Å². The van der Waals surface area contributed by atoms with Gasteiger partial charge in [0, 0.05) is 13.2 Å². The zero-order valence-electron chi connectivity index (χ0n) is 8.98. The SMILES string of the molecule is COCOc1cc(F)c(F)cc1C(=O)C(F)(F)F. The summed E-state index contributed by atoms with van der Waals surface area (Å²) in [6, 6.07) is 0.490. The van der Waals surface area contributed by atoms with E-state index in [1.165, 1.54) is 7.11 Å². The lowest BCUT2D eigenvalue weighted by Gasteiger charge is -2.12. The van der Waals surface area contributed by atoms with Gasteiger partial charge < -0.3 is 9.47 Å². The van der Waals surface area contributed by atoms with Crippen LogP contribution in [0.5, 0.6) is 5.75 Å². The maximum atomic E-state index is 12.9. The molecule has 18 heavy (non-hydrogen) atoms. The van der Waals surface area contributed by atoms with Crippen LogP contribution in [0.2, 0.25) is 0 Å². The highest BCUT2D eigenvalue weighted by Crippen LogP contribution is 2.29. The van der Waals surface area contributed by atoms with Crippen molar-refractivity contribution in [1.29, 1.82) is 0 Å². The molecule has 8 heteroatoms. The van der Waals surface area contributed by atoms with Crippen molar-refractivity contribution in [3.05, 3.63) is 29.3 Å². The van der Waals surface area contributed by atoms with Gasteiger partial charge in [0.25, 0.3) is 5.78 Å². The monoisotopic (exact) mass is 270 g/mol. The molecule has 1 aromatic rings. The van der Waals surface area contributed by atoms with Gasteiger partial charge >= 0.3 is 6.18 Å². The Labute approximate surface area is 98.1 Å². The van der Waals surface area contributed by atoms with Crippen LogP contribution in [0.4, 0.5) is 22.0 Å². The summed E-state index contributed by atoms with van der Waals surface area (Å²) < 4.78 is 71.4. The van der Waals surface area contributed by atoms with Crippen LogP contribution in [0, 0.1) is 11.6 Å². The third-order valence-electron chi connectivity index (χ3n) is 1.86. The van der Waals surface area contributed by atoms with E-state index in [0.717, 1.165) is 0 Å². The van der Waals surface area contributed by atoms with Crippen molar-refractivity contribution >= 4 is 5.78 Å². The number of carbonyl (C=O) groups is 1. The number of halogens is 5. The molecule has 0 aromatic heterocycles. The van der Waals surface area contributed by atoms with Crippen molar-refractivity contribution in [2.45, 2.75) is 6.18 Å². The van der Waals surface area contributed by atoms with E-state index in [9.17, 15) is 26.7 Å². The second-order valence-electron chi connectivity index (χ2n) is 3.14. The van der Waals surface area contributed by atoms with Crippen molar-refractivity contribution in [2.75, 3.05) is 13.9 Å². The van der Waals surface area contributed by atoms with E-state index >= 15 is 0 Å². The van der Waals surface area contributed by atoms with Crippen molar-refractivity contribution in [3.63, 3.8) is 0 Å². The molecule has 0 bridgehead atoms. The second kappa shape index (κ2) is 5.30. The lowest BCUT2D eigenvalue weighted by atomic mass is 10.1. The fourth-order valence-electron chi connectivity index (χ4n) is 1.10. The molecule has 0 fully saturated rings. The summed E-state index contributed by atoms with van der Waals surface area (Å²) in [5.41, 5.74) is -1.11. The van der Waals surface area contributed by atoms with E-state index < -0.39 is 41.7 Å². The quantitative estimate of drug-likeness (QED) is 0.479. The van der Waals surface area contributed by atoms with Crippen LogP contribution >= 0.6 is 0 Å². The van der Waals surface area contributed by atoms with E-state index in [1.807, 2.05) is 0 Å². The van der Waals surface area contributed by atoms with Gasteiger partial charge in [0.1, 0.15) is 5.75 Å². The maximum Gasteiger partial charge on any atom is 0.455 e. The highest BCUT2D eigenvalue weighted by molar-refractivity contribution is 6.02. The molecule has 0 saturated heterocycles. The Hall–Kier alpha value is -1.70. The smallest absolute Gasteiger partial charge is 0.455 e. The summed E-state index contributed by atoms with van der Waals surface area (Å²) in [4.78, 5) is 11.0. The summed E-state index contributed by atoms with van der Waals surface area (Å²) in [5.74, 6) is -6.07. The zero-order chi connectivity index (χ0) is 13.9. The van der Waals surface area contributed by atoms with Gasteiger partial charge in [-0.05, 0) is 6.07 Å². The van der Waals surface area contributed by atoms with Crippen molar-refractivity contribution in [1.82, 2.24) is 0 Å². The Balaban J connectivity index is 3.23. The number of methoxy groups -OCH3 is 1. The van der Waals surface area contributed by atoms with Gasteiger partial charge in [-0.1, -0.05) is 0 Å². The number of hydrogen-bond donors (Lipinski definition) is 0. The van der Waals surface area contributed by atoms with Crippen LogP contribution in [0.1, 0.15) is 10.4 Å². The average Bonchev–Trinajstić information content (AvgIpc) is 2.28. The highest BCUT2D eigenvalue weighted by Gasteiger charge is 2.41. The Morgan fingerprint density at radius 3 is 2.28 bits per heavy atom. The van der Waals surface area contributed by atoms with Crippen LogP contribution in [-0.2, 0) is 4.74 Å². The molecule has 0 amide bonds. The molecule has 0 aliphatic rings. The molecule has 0 N–H and O–H groups in total. The van der Waals surface area contributed by atoms with Gasteiger partial charge in [-0.15, -0.1) is 0 Å². The standard InChI is InChI=1S/C10H7F5O3/c1-17-4-18-8-3-7(12)6(11)2-5(8)9(16)10(13,14)15/h2-3H,4H2,1H3. The predicted molar refractivity (Wildman–Crippen MR) is 49.2 cm³/mol. The van der Waals surface area contributed by atoms with Crippen molar-refractivity contribution in [3.8, 4) is 5.75 Å². The second-order valence-corrected chi connectivity index (χ2v) is 3.14. The molecule has 100 valence electrons. The largest absolute Gasteiger partial charge is 0.467 e. The fourth-order valence-corrected chi connectivity index (χ4v) is 1.10. The number of hydrogen-bond acceptors (Lipinski definition) is 3. The predicted octanol–water partition coefficient (Wildman–Crippen LogP) is 2.69. The number of ether oxygens (including phenoxy) is 2. The number of rotatable bonds is 4. The number of ketones is 1. The fraction of sp³-hybridized carbons (Fsp3) is 0.300. The van der Waals surface area contributed by atoms with Gasteiger partial charge in [-0.3, -0.25) is 4.79 Å². The first kappa shape index (κ1) is 14.4. The molecule has 0 radical (unpaired) electrons. The van der Waals surface area contributed by atoms with Crippen molar-refractivity contribution in [2.24, 2.45) is 0 Å².